The standard InChI is InChI=1S/C23H32ClN3O3S/c1-6-22(27(31(5,29)30)20-12-9-17(4)21(24)15-20)23(28)25-16-18-10-13-19(14-11-18)26(7-2)8-3/h9-15,22H,6-8,16H2,1-5H3,(H,25,28)/t22-/m1/s1. The van der Waals surface area contributed by atoms with Crippen LogP contribution in [0, 0.1) is 6.92 Å². The zero-order chi connectivity index (χ0) is 23.2. The highest BCUT2D eigenvalue weighted by Gasteiger charge is 2.31. The first-order valence-corrected chi connectivity index (χ1v) is 12.7. The minimum atomic E-state index is -3.70. The van der Waals surface area contributed by atoms with Crippen LogP contribution in [-0.4, -0.2) is 39.7 Å². The average molecular weight is 466 g/mol. The summed E-state index contributed by atoms with van der Waals surface area (Å²) in [7, 11) is -3.70. The second-order valence-corrected chi connectivity index (χ2v) is 9.74. The SMILES string of the molecule is CC[C@H](C(=O)NCc1ccc(N(CC)CC)cc1)N(c1ccc(C)c(Cl)c1)S(C)(=O)=O. The Labute approximate surface area is 191 Å². The largest absolute Gasteiger partial charge is 0.372 e. The smallest absolute Gasteiger partial charge is 0.244 e. The molecule has 0 bridgehead atoms. The predicted octanol–water partition coefficient (Wildman–Crippen LogP) is 4.36. The Hall–Kier alpha value is -2.25. The molecule has 0 fully saturated rings. The number of rotatable bonds is 10. The van der Waals surface area contributed by atoms with Gasteiger partial charge in [-0.2, -0.15) is 0 Å². The van der Waals surface area contributed by atoms with Gasteiger partial charge in [0.1, 0.15) is 6.04 Å². The van der Waals surface area contributed by atoms with Crippen molar-refractivity contribution in [1.82, 2.24) is 5.32 Å². The van der Waals surface area contributed by atoms with E-state index in [0.29, 0.717) is 23.7 Å². The van der Waals surface area contributed by atoms with Gasteiger partial charge in [0, 0.05) is 30.3 Å². The summed E-state index contributed by atoms with van der Waals surface area (Å²) in [6, 6.07) is 12.1. The maximum Gasteiger partial charge on any atom is 0.244 e. The molecule has 170 valence electrons. The lowest BCUT2D eigenvalue weighted by atomic mass is 10.1. The van der Waals surface area contributed by atoms with Crippen LogP contribution in [0.1, 0.15) is 38.3 Å². The van der Waals surface area contributed by atoms with E-state index in [4.69, 9.17) is 11.6 Å². The van der Waals surface area contributed by atoms with Gasteiger partial charge in [0.25, 0.3) is 0 Å². The number of aryl methyl sites for hydroxylation is 1. The lowest BCUT2D eigenvalue weighted by Crippen LogP contribution is -2.49. The third-order valence-electron chi connectivity index (χ3n) is 5.27. The first kappa shape index (κ1) is 25.0. The first-order valence-electron chi connectivity index (χ1n) is 10.5. The highest BCUT2D eigenvalue weighted by Crippen LogP contribution is 2.27. The fraction of sp³-hybridized carbons (Fsp3) is 0.435. The molecule has 2 rings (SSSR count). The Kier molecular flexibility index (Phi) is 8.77. The van der Waals surface area contributed by atoms with E-state index in [1.807, 2.05) is 31.2 Å². The number of nitrogens with zero attached hydrogens (tertiary/aromatic N) is 2. The Bertz CT molecular complexity index is 990. The van der Waals surface area contributed by atoms with Crippen molar-refractivity contribution < 1.29 is 13.2 Å². The van der Waals surface area contributed by atoms with Gasteiger partial charge in [-0.3, -0.25) is 9.10 Å². The van der Waals surface area contributed by atoms with Gasteiger partial charge in [-0.1, -0.05) is 36.7 Å². The highest BCUT2D eigenvalue weighted by molar-refractivity contribution is 7.92. The van der Waals surface area contributed by atoms with E-state index < -0.39 is 16.1 Å². The lowest BCUT2D eigenvalue weighted by molar-refractivity contribution is -0.122. The number of anilines is 2. The molecule has 0 aliphatic rings. The van der Waals surface area contributed by atoms with Gasteiger partial charge >= 0.3 is 0 Å². The van der Waals surface area contributed by atoms with Crippen molar-refractivity contribution in [2.75, 3.05) is 28.6 Å². The third-order valence-corrected chi connectivity index (χ3v) is 6.86. The van der Waals surface area contributed by atoms with Gasteiger partial charge < -0.3 is 10.2 Å². The number of halogens is 1. The maximum absolute atomic E-state index is 13.0. The normalized spacial score (nSPS) is 12.3. The number of carbonyl (C=O) groups excluding carboxylic acids is 1. The summed E-state index contributed by atoms with van der Waals surface area (Å²) in [6.07, 6.45) is 1.42. The molecule has 2 aromatic carbocycles. The van der Waals surface area contributed by atoms with Crippen LogP contribution in [0.25, 0.3) is 0 Å². The lowest BCUT2D eigenvalue weighted by Gasteiger charge is -2.30. The second kappa shape index (κ2) is 10.9. The van der Waals surface area contributed by atoms with Crippen molar-refractivity contribution >= 4 is 38.9 Å². The molecule has 0 unspecified atom stereocenters. The van der Waals surface area contributed by atoms with E-state index in [-0.39, 0.29) is 5.91 Å². The van der Waals surface area contributed by atoms with Gasteiger partial charge in [-0.05, 0) is 62.6 Å². The summed E-state index contributed by atoms with van der Waals surface area (Å²) < 4.78 is 26.3. The van der Waals surface area contributed by atoms with Crippen molar-refractivity contribution in [3.8, 4) is 0 Å². The summed E-state index contributed by atoms with van der Waals surface area (Å²) in [5, 5.41) is 3.34. The number of amides is 1. The van der Waals surface area contributed by atoms with Crippen LogP contribution < -0.4 is 14.5 Å². The van der Waals surface area contributed by atoms with E-state index in [1.165, 1.54) is 0 Å². The van der Waals surface area contributed by atoms with Crippen LogP contribution in [0.2, 0.25) is 5.02 Å². The van der Waals surface area contributed by atoms with Crippen LogP contribution in [0.15, 0.2) is 42.5 Å². The van der Waals surface area contributed by atoms with Crippen LogP contribution in [0.4, 0.5) is 11.4 Å². The molecule has 1 N–H and O–H groups in total. The molecule has 0 saturated carbocycles. The van der Waals surface area contributed by atoms with Gasteiger partial charge in [0.2, 0.25) is 15.9 Å². The quantitative estimate of drug-likeness (QED) is 0.566. The summed E-state index contributed by atoms with van der Waals surface area (Å²) in [6.45, 7) is 10.0. The zero-order valence-corrected chi connectivity index (χ0v) is 20.4. The van der Waals surface area contributed by atoms with E-state index in [9.17, 15) is 13.2 Å². The molecule has 0 aliphatic heterocycles. The van der Waals surface area contributed by atoms with Crippen LogP contribution in [-0.2, 0) is 21.4 Å². The first-order chi connectivity index (χ1) is 14.6. The molecule has 8 heteroatoms. The summed E-state index contributed by atoms with van der Waals surface area (Å²) in [4.78, 5) is 15.2. The number of sulfonamides is 1. The number of hydrogen-bond donors (Lipinski definition) is 1. The topological polar surface area (TPSA) is 69.7 Å². The monoisotopic (exact) mass is 465 g/mol. The molecule has 2 aromatic rings. The summed E-state index contributed by atoms with van der Waals surface area (Å²) >= 11 is 6.21. The molecule has 0 aromatic heterocycles. The van der Waals surface area contributed by atoms with Crippen LogP contribution in [0.3, 0.4) is 0 Å². The maximum atomic E-state index is 13.0. The fourth-order valence-corrected chi connectivity index (χ4v) is 4.88. The molecule has 31 heavy (non-hydrogen) atoms. The molecule has 0 spiro atoms. The molecule has 0 radical (unpaired) electrons. The summed E-state index contributed by atoms with van der Waals surface area (Å²) in [5.41, 5.74) is 3.29. The summed E-state index contributed by atoms with van der Waals surface area (Å²) in [5.74, 6) is -0.350. The molecule has 1 amide bonds. The molecule has 6 nitrogen and oxygen atoms in total. The van der Waals surface area contributed by atoms with Crippen molar-refractivity contribution in [1.29, 1.82) is 0 Å². The second-order valence-electron chi connectivity index (χ2n) is 7.47. The van der Waals surface area contributed by atoms with E-state index in [1.54, 1.807) is 25.1 Å². The van der Waals surface area contributed by atoms with Gasteiger partial charge in [-0.15, -0.1) is 0 Å². The van der Waals surface area contributed by atoms with Gasteiger partial charge in [0.05, 0.1) is 11.9 Å². The van der Waals surface area contributed by atoms with Crippen LogP contribution in [0.5, 0.6) is 0 Å². The Balaban J connectivity index is 2.19. The number of nitrogens with one attached hydrogen (secondary N) is 1. The van der Waals surface area contributed by atoms with E-state index in [0.717, 1.165) is 40.5 Å². The van der Waals surface area contributed by atoms with E-state index in [2.05, 4.69) is 24.1 Å². The number of benzene rings is 2. The molecule has 1 atom stereocenters. The number of carbonyl (C=O) groups is 1. The molecule has 0 saturated heterocycles. The molecule has 0 heterocycles. The van der Waals surface area contributed by atoms with Gasteiger partial charge in [0.15, 0.2) is 0 Å². The molecule has 0 aliphatic carbocycles. The van der Waals surface area contributed by atoms with Crippen molar-refractivity contribution in [3.05, 3.63) is 58.6 Å². The zero-order valence-electron chi connectivity index (χ0n) is 18.9. The Morgan fingerprint density at radius 2 is 1.61 bits per heavy atom. The van der Waals surface area contributed by atoms with Crippen LogP contribution >= 0.6 is 11.6 Å². The van der Waals surface area contributed by atoms with Gasteiger partial charge in [-0.25, -0.2) is 8.42 Å². The Morgan fingerprint density at radius 1 is 1.03 bits per heavy atom. The van der Waals surface area contributed by atoms with E-state index >= 15 is 0 Å². The number of hydrogen-bond acceptors (Lipinski definition) is 4. The minimum absolute atomic E-state index is 0.320. The average Bonchev–Trinajstić information content (AvgIpc) is 2.73. The third kappa shape index (κ3) is 6.37. The van der Waals surface area contributed by atoms with Crippen molar-refractivity contribution in [2.45, 2.75) is 46.7 Å². The molecular formula is C23H32ClN3O3S. The van der Waals surface area contributed by atoms with Crippen molar-refractivity contribution in [2.24, 2.45) is 0 Å². The fourth-order valence-electron chi connectivity index (χ4n) is 3.50. The van der Waals surface area contributed by atoms with Crippen molar-refractivity contribution in [3.63, 3.8) is 0 Å². The predicted molar refractivity (Wildman–Crippen MR) is 129 cm³/mol. The highest BCUT2D eigenvalue weighted by atomic mass is 35.5. The molecular weight excluding hydrogens is 434 g/mol. The minimum Gasteiger partial charge on any atom is -0.372 e. The Morgan fingerprint density at radius 3 is 2.10 bits per heavy atom.